The van der Waals surface area contributed by atoms with Gasteiger partial charge in [0.2, 0.25) is 0 Å². The van der Waals surface area contributed by atoms with Gasteiger partial charge in [-0.2, -0.15) is 0 Å². The van der Waals surface area contributed by atoms with Crippen LogP contribution in [0.2, 0.25) is 0 Å². The van der Waals surface area contributed by atoms with Gasteiger partial charge >= 0.3 is 0 Å². The van der Waals surface area contributed by atoms with Crippen LogP contribution in [-0.4, -0.2) is 19.3 Å². The largest absolute Gasteiger partial charge is 0.400 e. The van der Waals surface area contributed by atoms with Crippen LogP contribution in [0.15, 0.2) is 11.8 Å². The van der Waals surface area contributed by atoms with Crippen molar-refractivity contribution in [1.29, 1.82) is 0 Å². The topological polar surface area (TPSA) is 61.3 Å². The Bertz CT molecular complexity index is 169. The van der Waals surface area contributed by atoms with Crippen molar-refractivity contribution in [2.24, 2.45) is 11.5 Å². The van der Waals surface area contributed by atoms with Crippen LogP contribution in [0, 0.1) is 0 Å². The highest BCUT2D eigenvalue weighted by atomic mass is 16.5. The van der Waals surface area contributed by atoms with Gasteiger partial charge in [0, 0.05) is 18.8 Å². The Hall–Kier alpha value is -0.540. The first kappa shape index (κ1) is 14.5. The molecule has 0 radical (unpaired) electrons. The zero-order valence-electron chi connectivity index (χ0n) is 10.2. The Morgan fingerprint density at radius 1 is 1.27 bits per heavy atom. The van der Waals surface area contributed by atoms with E-state index in [-0.39, 0.29) is 6.10 Å². The molecule has 0 aliphatic heterocycles. The average Bonchev–Trinajstić information content (AvgIpc) is 2.23. The van der Waals surface area contributed by atoms with E-state index in [0.717, 1.165) is 25.1 Å². The van der Waals surface area contributed by atoms with Crippen molar-refractivity contribution in [3.05, 3.63) is 11.8 Å². The fourth-order valence-corrected chi connectivity index (χ4v) is 1.47. The average molecular weight is 214 g/mol. The predicted molar refractivity (Wildman–Crippen MR) is 65.5 cm³/mol. The molecule has 1 atom stereocenters. The lowest BCUT2D eigenvalue weighted by Gasteiger charge is -2.16. The van der Waals surface area contributed by atoms with E-state index in [9.17, 15) is 0 Å². The molecular formula is C12H26N2O. The van der Waals surface area contributed by atoms with Crippen LogP contribution in [0.4, 0.5) is 0 Å². The lowest BCUT2D eigenvalue weighted by molar-refractivity contribution is 0.0708. The summed E-state index contributed by atoms with van der Waals surface area (Å²) in [7, 11) is 0. The minimum atomic E-state index is 0.0511. The molecule has 0 aromatic rings. The summed E-state index contributed by atoms with van der Waals surface area (Å²) < 4.78 is 5.70. The molecule has 0 aromatic heterocycles. The maximum absolute atomic E-state index is 5.84. The van der Waals surface area contributed by atoms with Gasteiger partial charge in [-0.05, 0) is 18.9 Å². The van der Waals surface area contributed by atoms with E-state index in [4.69, 9.17) is 16.2 Å². The van der Waals surface area contributed by atoms with Gasteiger partial charge in [-0.3, -0.25) is 0 Å². The van der Waals surface area contributed by atoms with E-state index < -0.39 is 0 Å². The van der Waals surface area contributed by atoms with E-state index in [1.807, 2.05) is 6.08 Å². The van der Waals surface area contributed by atoms with Crippen molar-refractivity contribution in [1.82, 2.24) is 0 Å². The Morgan fingerprint density at radius 3 is 2.53 bits per heavy atom. The highest BCUT2D eigenvalue weighted by Gasteiger charge is 2.08. The maximum Gasteiger partial charge on any atom is 0.0961 e. The van der Waals surface area contributed by atoms with Gasteiger partial charge in [-0.1, -0.05) is 33.1 Å². The first-order valence-electron chi connectivity index (χ1n) is 6.03. The molecule has 0 saturated carbocycles. The van der Waals surface area contributed by atoms with Gasteiger partial charge in [0.25, 0.3) is 0 Å². The van der Waals surface area contributed by atoms with Crippen molar-refractivity contribution in [2.45, 2.75) is 52.1 Å². The molecule has 15 heavy (non-hydrogen) atoms. The first-order valence-corrected chi connectivity index (χ1v) is 6.03. The van der Waals surface area contributed by atoms with Crippen LogP contribution in [0.3, 0.4) is 0 Å². The Morgan fingerprint density at radius 2 is 2.00 bits per heavy atom. The lowest BCUT2D eigenvalue weighted by atomic mass is 10.2. The summed E-state index contributed by atoms with van der Waals surface area (Å²) in [6.45, 7) is 5.57. The molecule has 0 rings (SSSR count). The molecule has 0 aliphatic carbocycles. The minimum Gasteiger partial charge on any atom is -0.400 e. The van der Waals surface area contributed by atoms with Crippen LogP contribution < -0.4 is 11.5 Å². The normalized spacial score (nSPS) is 14.2. The van der Waals surface area contributed by atoms with Crippen LogP contribution in [0.5, 0.6) is 0 Å². The molecule has 0 bridgehead atoms. The second-order valence-corrected chi connectivity index (χ2v) is 3.77. The van der Waals surface area contributed by atoms with Crippen LogP contribution in [-0.2, 0) is 4.74 Å². The zero-order valence-corrected chi connectivity index (χ0v) is 10.2. The second-order valence-electron chi connectivity index (χ2n) is 3.77. The van der Waals surface area contributed by atoms with Gasteiger partial charge in [0.15, 0.2) is 0 Å². The van der Waals surface area contributed by atoms with Gasteiger partial charge in [0.1, 0.15) is 0 Å². The third-order valence-electron chi connectivity index (χ3n) is 2.41. The van der Waals surface area contributed by atoms with Crippen molar-refractivity contribution in [2.75, 3.05) is 13.2 Å². The Kier molecular flexibility index (Phi) is 9.63. The highest BCUT2D eigenvalue weighted by Crippen LogP contribution is 2.07. The zero-order chi connectivity index (χ0) is 11.5. The summed E-state index contributed by atoms with van der Waals surface area (Å²) in [5, 5.41) is 0. The van der Waals surface area contributed by atoms with E-state index >= 15 is 0 Å². The van der Waals surface area contributed by atoms with Crippen LogP contribution in [0.1, 0.15) is 46.0 Å². The molecule has 0 spiro atoms. The lowest BCUT2D eigenvalue weighted by Crippen LogP contribution is -2.22. The van der Waals surface area contributed by atoms with Gasteiger partial charge in [-0.15, -0.1) is 0 Å². The number of ether oxygens (including phenoxy) is 1. The molecule has 3 nitrogen and oxygen atoms in total. The second kappa shape index (κ2) is 9.99. The predicted octanol–water partition coefficient (Wildman–Crippen LogP) is 2.16. The third-order valence-corrected chi connectivity index (χ3v) is 2.41. The molecule has 4 N–H and O–H groups in total. The quantitative estimate of drug-likeness (QED) is 0.578. The third kappa shape index (κ3) is 7.40. The fraction of sp³-hybridized carbons (Fsp3) is 0.833. The molecule has 0 fully saturated rings. The molecule has 0 aromatic carbocycles. The Balaban J connectivity index is 3.66. The molecule has 90 valence electrons. The monoisotopic (exact) mass is 214 g/mol. The molecule has 0 heterocycles. The van der Waals surface area contributed by atoms with Crippen molar-refractivity contribution in [3.63, 3.8) is 0 Å². The summed E-state index contributed by atoms with van der Waals surface area (Å²) in [5.74, 6) is 0. The van der Waals surface area contributed by atoms with Crippen molar-refractivity contribution < 1.29 is 4.74 Å². The summed E-state index contributed by atoms with van der Waals surface area (Å²) in [5.41, 5.74) is 12.0. The van der Waals surface area contributed by atoms with E-state index in [0.29, 0.717) is 6.54 Å². The van der Waals surface area contributed by atoms with Crippen molar-refractivity contribution >= 4 is 0 Å². The molecule has 3 heteroatoms. The molecule has 0 aliphatic rings. The summed E-state index contributed by atoms with van der Waals surface area (Å²) >= 11 is 0. The van der Waals surface area contributed by atoms with Crippen LogP contribution >= 0.6 is 0 Å². The number of nitrogens with two attached hydrogens (primary N) is 2. The van der Waals surface area contributed by atoms with Crippen molar-refractivity contribution in [3.8, 4) is 0 Å². The van der Waals surface area contributed by atoms with E-state index in [1.54, 1.807) is 0 Å². The number of hydrogen-bond acceptors (Lipinski definition) is 3. The van der Waals surface area contributed by atoms with Gasteiger partial charge in [-0.25, -0.2) is 0 Å². The molecule has 0 saturated heterocycles. The summed E-state index contributed by atoms with van der Waals surface area (Å²) in [6, 6.07) is 0. The molecule has 1 unspecified atom stereocenters. The van der Waals surface area contributed by atoms with Gasteiger partial charge in [0.05, 0.1) is 6.10 Å². The minimum absolute atomic E-state index is 0.0511. The molecular weight excluding hydrogens is 188 g/mol. The Labute approximate surface area is 93.9 Å². The standard InChI is InChI=1S/C12H26N2O/c1-3-5-6-7-10-15-12(4-2)11(14)8-9-13/h8,12H,3-7,9-10,13-14H2,1-2H3. The van der Waals surface area contributed by atoms with E-state index in [1.165, 1.54) is 19.3 Å². The first-order chi connectivity index (χ1) is 7.26. The number of rotatable bonds is 9. The highest BCUT2D eigenvalue weighted by molar-refractivity contribution is 5.03. The number of hydrogen-bond donors (Lipinski definition) is 2. The summed E-state index contributed by atoms with van der Waals surface area (Å²) in [4.78, 5) is 0. The maximum atomic E-state index is 5.84. The van der Waals surface area contributed by atoms with Gasteiger partial charge < -0.3 is 16.2 Å². The summed E-state index contributed by atoms with van der Waals surface area (Å²) in [6.07, 6.45) is 7.71. The smallest absolute Gasteiger partial charge is 0.0961 e. The van der Waals surface area contributed by atoms with Crippen LogP contribution in [0.25, 0.3) is 0 Å². The fourth-order valence-electron chi connectivity index (χ4n) is 1.47. The van der Waals surface area contributed by atoms with E-state index in [2.05, 4.69) is 13.8 Å². The molecule has 0 amide bonds. The SMILES string of the molecule is CCCCCCOC(CC)C(N)=CCN. The number of unbranched alkanes of at least 4 members (excludes halogenated alkanes) is 3.